The van der Waals surface area contributed by atoms with E-state index in [1.807, 2.05) is 0 Å². The Labute approximate surface area is 501 Å². The van der Waals surface area contributed by atoms with Crippen molar-refractivity contribution < 1.29 is 81.1 Å². The molecule has 83 heavy (non-hydrogen) atoms. The Morgan fingerprint density at radius 2 is 0.892 bits per heavy atom. The second-order valence-corrected chi connectivity index (χ2v) is 24.5. The van der Waals surface area contributed by atoms with Crippen LogP contribution < -0.4 is 40.1 Å². The number of ether oxygens (including phenoxy) is 1. The molecule has 2 fully saturated rings. The normalized spacial score (nSPS) is 16.3. The van der Waals surface area contributed by atoms with E-state index in [4.69, 9.17) is 5.11 Å². The van der Waals surface area contributed by atoms with Crippen molar-refractivity contribution in [3.05, 3.63) is 142 Å². The molecular weight excluding hydrogens is 1060 g/mol. The summed E-state index contributed by atoms with van der Waals surface area (Å²) < 4.78 is 60.3. The monoisotopic (exact) mass is 1150 g/mol. The maximum atomic E-state index is 13.9. The van der Waals surface area contributed by atoms with Crippen molar-refractivity contribution in [2.75, 3.05) is 20.2 Å². The first-order chi connectivity index (χ1) is 38.3. The fourth-order valence-electron chi connectivity index (χ4n) is 11.2. The minimum Gasteiger partial charge on any atom is -0.870 e. The van der Waals surface area contributed by atoms with E-state index in [1.54, 1.807) is 0 Å². The Morgan fingerprint density at radius 1 is 0.542 bits per heavy atom. The van der Waals surface area contributed by atoms with Crippen LogP contribution in [-0.4, -0.2) is 89.0 Å². The number of halogens is 4. The predicted octanol–water partition coefficient (Wildman–Crippen LogP) is 8.41. The van der Waals surface area contributed by atoms with Gasteiger partial charge in [0, 0.05) is 62.0 Å². The van der Waals surface area contributed by atoms with Gasteiger partial charge in [-0.15, -0.1) is 0 Å². The number of rotatable bonds is 26. The van der Waals surface area contributed by atoms with Crippen LogP contribution >= 0.6 is 0 Å². The van der Waals surface area contributed by atoms with Crippen molar-refractivity contribution in [1.82, 2.24) is 21.3 Å². The number of benzene rings is 4. The number of unbranched alkanes of at least 4 members (excludes halogenated alkanes) is 2. The van der Waals surface area contributed by atoms with E-state index in [1.165, 1.54) is 53.6 Å². The molecule has 0 spiro atoms. The molecule has 0 unspecified atom stereocenters. The van der Waals surface area contributed by atoms with Crippen LogP contribution in [0.3, 0.4) is 0 Å². The van der Waals surface area contributed by atoms with Crippen LogP contribution in [-0.2, 0) is 58.7 Å². The molecule has 0 radical (unpaired) electrons. The summed E-state index contributed by atoms with van der Waals surface area (Å²) in [7, 11) is 1.32. The number of carboxylic acids is 1. The molecule has 13 nitrogen and oxygen atoms in total. The van der Waals surface area contributed by atoms with Crippen molar-refractivity contribution in [3.63, 3.8) is 0 Å². The summed E-state index contributed by atoms with van der Waals surface area (Å²) in [6, 6.07) is 22.1. The van der Waals surface area contributed by atoms with Gasteiger partial charge in [0.05, 0.1) is 31.4 Å². The smallest absolute Gasteiger partial charge is 0.870 e. The Kier molecular flexibility index (Phi) is 29.7. The van der Waals surface area contributed by atoms with Crippen LogP contribution in [0.2, 0.25) is 0 Å². The van der Waals surface area contributed by atoms with Crippen LogP contribution in [0.1, 0.15) is 190 Å². The van der Waals surface area contributed by atoms with Crippen LogP contribution in [0.4, 0.5) is 17.6 Å². The Morgan fingerprint density at radius 3 is 1.23 bits per heavy atom. The van der Waals surface area contributed by atoms with Gasteiger partial charge in [0.2, 0.25) is 11.8 Å². The van der Waals surface area contributed by atoms with Crippen molar-refractivity contribution in [2.45, 2.75) is 216 Å². The quantitative estimate of drug-likeness (QED) is 0.0137. The Balaban J connectivity index is 0.000000425. The average Bonchev–Trinajstić information content (AvgIpc) is 3.48. The van der Waals surface area contributed by atoms with Crippen LogP contribution in [0, 0.1) is 23.3 Å². The molecule has 454 valence electrons. The summed E-state index contributed by atoms with van der Waals surface area (Å²) in [6.07, 6.45) is 10.5. The van der Waals surface area contributed by atoms with Gasteiger partial charge in [-0.1, -0.05) is 129 Å². The summed E-state index contributed by atoms with van der Waals surface area (Å²) >= 11 is 0. The number of methoxy groups -OCH3 is 1. The zero-order valence-corrected chi connectivity index (χ0v) is 50.3. The second-order valence-electron chi connectivity index (χ2n) is 24.5. The van der Waals surface area contributed by atoms with Gasteiger partial charge in [0.15, 0.2) is 0 Å². The van der Waals surface area contributed by atoms with E-state index >= 15 is 0 Å². The second kappa shape index (κ2) is 34.1. The summed E-state index contributed by atoms with van der Waals surface area (Å²) in [5, 5.41) is 44.6. The summed E-state index contributed by atoms with van der Waals surface area (Å²) in [4.78, 5) is 47.6. The molecule has 2 saturated carbocycles. The predicted molar refractivity (Wildman–Crippen MR) is 310 cm³/mol. The largest absolute Gasteiger partial charge is 1.00 e. The zero-order valence-electron chi connectivity index (χ0n) is 50.3. The molecule has 0 heterocycles. The molecule has 6 rings (SSSR count). The molecule has 8 N–H and O–H groups in total. The van der Waals surface area contributed by atoms with Gasteiger partial charge in [0.25, 0.3) is 0 Å². The van der Waals surface area contributed by atoms with E-state index < -0.39 is 53.5 Å². The topological polar surface area (TPSA) is 216 Å². The van der Waals surface area contributed by atoms with Gasteiger partial charge in [-0.3, -0.25) is 19.2 Å². The van der Waals surface area contributed by atoms with Gasteiger partial charge in [0.1, 0.15) is 23.3 Å². The Bertz CT molecular complexity index is 2630. The van der Waals surface area contributed by atoms with Gasteiger partial charge < -0.3 is 46.8 Å². The molecule has 2 amide bonds. The van der Waals surface area contributed by atoms with Crippen molar-refractivity contribution in [1.29, 1.82) is 0 Å². The molecule has 2 aliphatic rings. The van der Waals surface area contributed by atoms with E-state index in [9.17, 15) is 47.0 Å². The van der Waals surface area contributed by atoms with Crippen molar-refractivity contribution >= 4 is 23.8 Å². The van der Waals surface area contributed by atoms with Crippen LogP contribution in [0.25, 0.3) is 0 Å². The molecule has 0 saturated heterocycles. The number of amides is 2. The van der Waals surface area contributed by atoms with Crippen LogP contribution in [0.5, 0.6) is 0 Å². The summed E-state index contributed by atoms with van der Waals surface area (Å²) in [5.41, 5.74) is 4.88. The van der Waals surface area contributed by atoms with Crippen molar-refractivity contribution in [3.8, 4) is 0 Å². The molecule has 4 aromatic carbocycles. The zero-order chi connectivity index (χ0) is 59.4. The first kappa shape index (κ1) is 72.1. The number of aliphatic hydroxyl groups is 2. The molecule has 4 atom stereocenters. The number of aliphatic hydroxyl groups excluding tert-OH is 2. The number of nitrogens with one attached hydrogen (secondary N) is 4. The number of carbonyl (C=O) groups excluding carboxylic acids is 3. The minimum atomic E-state index is -1.03. The fraction of sp³-hybridized carbons (Fsp3) is 0.569. The SMILES string of the molecule is CC(C)(C)c1cccc(C2(NC[C@@H](O)[C@H](Cc3cc(F)cc(F)c3)NC(=O)CCCCC(=O)O)CCCCC2)c1.COC(=O)CCCCC(=O)N[C@@H](Cc1cc(F)cc(F)c1)[C@H](O)CNC1(c2cccc(C(C)(C)C)c2)CCCCC1.[Li+].[OH-]. The number of hydrogen-bond acceptors (Lipinski definition) is 10. The maximum absolute atomic E-state index is 13.9. The third kappa shape index (κ3) is 23.7. The molecule has 18 heteroatoms. The van der Waals surface area contributed by atoms with Crippen molar-refractivity contribution in [2.24, 2.45) is 0 Å². The summed E-state index contributed by atoms with van der Waals surface area (Å²) in [5.74, 6) is -4.74. The van der Waals surface area contributed by atoms with E-state index in [0.717, 1.165) is 76.3 Å². The third-order valence-corrected chi connectivity index (χ3v) is 16.0. The molecule has 0 aliphatic heterocycles. The summed E-state index contributed by atoms with van der Waals surface area (Å²) in [6.45, 7) is 13.5. The number of aliphatic carboxylic acids is 1. The maximum Gasteiger partial charge on any atom is 1.00 e. The van der Waals surface area contributed by atoms with Gasteiger partial charge in [-0.25, -0.2) is 17.6 Å². The number of hydrogen-bond donors (Lipinski definition) is 7. The van der Waals surface area contributed by atoms with Gasteiger partial charge >= 0.3 is 30.8 Å². The Hall–Kier alpha value is -5.12. The molecular formula is C65H91F4LiN4O9. The number of carboxylic acid groups (broad SMARTS) is 1. The van der Waals surface area contributed by atoms with Gasteiger partial charge in [-0.2, -0.15) is 0 Å². The van der Waals surface area contributed by atoms with E-state index in [2.05, 4.69) is 116 Å². The number of esters is 1. The first-order valence-corrected chi connectivity index (χ1v) is 29.2. The van der Waals surface area contributed by atoms with Gasteiger partial charge in [-0.05, 0) is 133 Å². The molecule has 2 aliphatic carbocycles. The third-order valence-electron chi connectivity index (χ3n) is 16.0. The minimum absolute atomic E-state index is 0. The van der Waals surface area contributed by atoms with E-state index in [0.29, 0.717) is 36.8 Å². The average molecular weight is 1160 g/mol. The fourth-order valence-corrected chi connectivity index (χ4v) is 11.2. The van der Waals surface area contributed by atoms with Crippen LogP contribution in [0.15, 0.2) is 84.9 Å². The molecule has 0 bridgehead atoms. The standard InChI is InChI=1S/C33H46F2N2O4.C32H44F2N2O4.Li.H2O/c1-32(2,3)24-11-10-12-25(20-24)33(15-8-5-9-16-33)36-22-29(38)28(19-23-17-26(34)21-27(35)18-23)37-30(39)13-6-7-14-31(40)41-4;1-31(2,3)23-10-9-11-24(19-23)32(14-7-4-8-15-32)35-21-28(37)27(18-22-16-25(33)20-26(34)17-22)36-29(38)12-5-6-13-30(39)40;;/h10-12,17-18,20-21,28-29,36,38H,5-9,13-16,19,22H2,1-4H3,(H,37,39);9-11,16-17,19-20,27-28,35,37H,4-8,12-15,18,21H2,1-3H3,(H,36,38)(H,39,40);;1H2/q;;+1;/p-1/t28-,29+;27-,28+;;/m00../s1. The molecule has 0 aromatic heterocycles. The number of carbonyl (C=O) groups is 4. The van der Waals surface area contributed by atoms with E-state index in [-0.39, 0.29) is 116 Å². The first-order valence-electron chi connectivity index (χ1n) is 29.2. The molecule has 4 aromatic rings.